The van der Waals surface area contributed by atoms with Gasteiger partial charge in [0.15, 0.2) is 6.61 Å². The minimum atomic E-state index is -0.250. The van der Waals surface area contributed by atoms with E-state index in [9.17, 15) is 9.59 Å². The van der Waals surface area contributed by atoms with Gasteiger partial charge in [0.1, 0.15) is 5.75 Å². The summed E-state index contributed by atoms with van der Waals surface area (Å²) in [5, 5.41) is 5.25. The van der Waals surface area contributed by atoms with Crippen molar-refractivity contribution in [2.75, 3.05) is 33.4 Å². The van der Waals surface area contributed by atoms with Crippen LogP contribution in [0.3, 0.4) is 0 Å². The Hall–Kier alpha value is -2.08. The second-order valence-corrected chi connectivity index (χ2v) is 5.51. The lowest BCUT2D eigenvalue weighted by Gasteiger charge is -2.11. The molecular weight excluding hydrogens is 296 g/mol. The van der Waals surface area contributed by atoms with Crippen LogP contribution in [0.4, 0.5) is 0 Å². The normalized spacial score (nSPS) is 10.4. The summed E-state index contributed by atoms with van der Waals surface area (Å²) in [5.41, 5.74) is 0.403. The van der Waals surface area contributed by atoms with Crippen molar-refractivity contribution in [1.29, 1.82) is 0 Å². The van der Waals surface area contributed by atoms with Crippen molar-refractivity contribution in [2.45, 2.75) is 20.3 Å². The Morgan fingerprint density at radius 1 is 1.17 bits per heavy atom. The number of amides is 2. The molecule has 0 bridgehead atoms. The van der Waals surface area contributed by atoms with E-state index in [1.807, 2.05) is 0 Å². The van der Waals surface area contributed by atoms with Gasteiger partial charge in [0.25, 0.3) is 11.8 Å². The third-order valence-electron chi connectivity index (χ3n) is 3.13. The highest BCUT2D eigenvalue weighted by Gasteiger charge is 2.11. The summed E-state index contributed by atoms with van der Waals surface area (Å²) in [6.45, 7) is 5.76. The molecule has 1 aromatic carbocycles. The number of benzene rings is 1. The molecule has 0 aliphatic rings. The lowest BCUT2D eigenvalue weighted by Crippen LogP contribution is -2.32. The molecule has 0 fully saturated rings. The van der Waals surface area contributed by atoms with Gasteiger partial charge < -0.3 is 20.1 Å². The van der Waals surface area contributed by atoms with E-state index < -0.39 is 0 Å². The number of ether oxygens (including phenoxy) is 2. The predicted octanol–water partition coefficient (Wildman–Crippen LogP) is 1.60. The van der Waals surface area contributed by atoms with Crippen molar-refractivity contribution in [1.82, 2.24) is 10.6 Å². The summed E-state index contributed by atoms with van der Waals surface area (Å²) in [7, 11) is 1.55. The average Bonchev–Trinajstić information content (AvgIpc) is 2.55. The molecule has 0 heterocycles. The van der Waals surface area contributed by atoms with Gasteiger partial charge in [-0.3, -0.25) is 9.59 Å². The molecule has 1 aromatic rings. The summed E-state index contributed by atoms with van der Waals surface area (Å²) in [6.07, 6.45) is 1.01. The fourth-order valence-corrected chi connectivity index (χ4v) is 1.79. The van der Waals surface area contributed by atoms with E-state index >= 15 is 0 Å². The molecule has 0 spiro atoms. The van der Waals surface area contributed by atoms with Crippen molar-refractivity contribution in [3.63, 3.8) is 0 Å². The molecule has 0 aliphatic carbocycles. The van der Waals surface area contributed by atoms with Gasteiger partial charge in [0.05, 0.1) is 12.2 Å². The van der Waals surface area contributed by atoms with Crippen LogP contribution in [0.15, 0.2) is 24.3 Å². The minimum absolute atomic E-state index is 0.139. The second kappa shape index (κ2) is 10.6. The molecule has 0 saturated heterocycles. The van der Waals surface area contributed by atoms with Gasteiger partial charge in [-0.15, -0.1) is 0 Å². The van der Waals surface area contributed by atoms with Gasteiger partial charge in [-0.2, -0.15) is 0 Å². The molecule has 128 valence electrons. The molecule has 6 heteroatoms. The van der Waals surface area contributed by atoms with Crippen molar-refractivity contribution in [3.05, 3.63) is 29.8 Å². The van der Waals surface area contributed by atoms with E-state index in [0.29, 0.717) is 37.0 Å². The quantitative estimate of drug-likeness (QED) is 0.642. The Morgan fingerprint density at radius 2 is 1.91 bits per heavy atom. The zero-order chi connectivity index (χ0) is 17.1. The molecule has 0 unspecified atom stereocenters. The summed E-state index contributed by atoms with van der Waals surface area (Å²) in [6, 6.07) is 6.80. The SMILES string of the molecule is CNC(=O)c1ccccc1OCC(=O)NCCOCCC(C)C. The number of hydrogen-bond acceptors (Lipinski definition) is 4. The highest BCUT2D eigenvalue weighted by Crippen LogP contribution is 2.17. The van der Waals surface area contributed by atoms with Crippen LogP contribution < -0.4 is 15.4 Å². The molecule has 2 N–H and O–H groups in total. The first-order valence-corrected chi connectivity index (χ1v) is 7.83. The van der Waals surface area contributed by atoms with Crippen molar-refractivity contribution >= 4 is 11.8 Å². The Labute approximate surface area is 137 Å². The van der Waals surface area contributed by atoms with Gasteiger partial charge >= 0.3 is 0 Å². The molecular formula is C17H26N2O4. The Kier molecular flexibility index (Phi) is 8.75. The van der Waals surface area contributed by atoms with Gasteiger partial charge in [0, 0.05) is 20.2 Å². The van der Waals surface area contributed by atoms with E-state index in [0.717, 1.165) is 6.42 Å². The van der Waals surface area contributed by atoms with Crippen LogP contribution in [0.2, 0.25) is 0 Å². The van der Waals surface area contributed by atoms with Crippen LogP contribution in [0.25, 0.3) is 0 Å². The number of carbonyl (C=O) groups excluding carboxylic acids is 2. The zero-order valence-electron chi connectivity index (χ0n) is 14.1. The fourth-order valence-electron chi connectivity index (χ4n) is 1.79. The van der Waals surface area contributed by atoms with Crippen molar-refractivity contribution in [3.8, 4) is 5.75 Å². The number of nitrogens with one attached hydrogen (secondary N) is 2. The molecule has 0 saturated carbocycles. The summed E-state index contributed by atoms with van der Waals surface area (Å²) in [5.74, 6) is 0.497. The maximum absolute atomic E-state index is 11.7. The van der Waals surface area contributed by atoms with E-state index in [1.165, 1.54) is 0 Å². The third kappa shape index (κ3) is 7.65. The maximum Gasteiger partial charge on any atom is 0.258 e. The van der Waals surface area contributed by atoms with Crippen LogP contribution >= 0.6 is 0 Å². The fraction of sp³-hybridized carbons (Fsp3) is 0.529. The van der Waals surface area contributed by atoms with Gasteiger partial charge in [-0.1, -0.05) is 26.0 Å². The monoisotopic (exact) mass is 322 g/mol. The number of para-hydroxylation sites is 1. The van der Waals surface area contributed by atoms with E-state index in [4.69, 9.17) is 9.47 Å². The summed E-state index contributed by atoms with van der Waals surface area (Å²) < 4.78 is 10.8. The standard InChI is InChI=1S/C17H26N2O4/c1-13(2)8-10-22-11-9-19-16(20)12-23-15-7-5-4-6-14(15)17(21)18-3/h4-7,13H,8-12H2,1-3H3,(H,18,21)(H,19,20). The first-order chi connectivity index (χ1) is 11.0. The smallest absolute Gasteiger partial charge is 0.258 e. The number of rotatable bonds is 10. The van der Waals surface area contributed by atoms with E-state index in [-0.39, 0.29) is 18.4 Å². The highest BCUT2D eigenvalue weighted by atomic mass is 16.5. The molecule has 1 rings (SSSR count). The Morgan fingerprint density at radius 3 is 2.61 bits per heavy atom. The van der Waals surface area contributed by atoms with Crippen molar-refractivity contribution < 1.29 is 19.1 Å². The average molecular weight is 322 g/mol. The first kappa shape index (κ1) is 19.0. The van der Waals surface area contributed by atoms with Crippen molar-refractivity contribution in [2.24, 2.45) is 5.92 Å². The lowest BCUT2D eigenvalue weighted by atomic mass is 10.1. The summed E-state index contributed by atoms with van der Waals surface area (Å²) in [4.78, 5) is 23.4. The minimum Gasteiger partial charge on any atom is -0.483 e. The van der Waals surface area contributed by atoms with Crippen LogP contribution in [0, 0.1) is 5.92 Å². The van der Waals surface area contributed by atoms with Crippen LogP contribution in [-0.2, 0) is 9.53 Å². The van der Waals surface area contributed by atoms with E-state index in [1.54, 1.807) is 31.3 Å². The first-order valence-electron chi connectivity index (χ1n) is 7.83. The summed E-state index contributed by atoms with van der Waals surface area (Å²) >= 11 is 0. The van der Waals surface area contributed by atoms with Gasteiger partial charge in [-0.25, -0.2) is 0 Å². The second-order valence-electron chi connectivity index (χ2n) is 5.51. The van der Waals surface area contributed by atoms with Gasteiger partial charge in [-0.05, 0) is 24.5 Å². The molecule has 0 radical (unpaired) electrons. The van der Waals surface area contributed by atoms with Crippen LogP contribution in [0.1, 0.15) is 30.6 Å². The van der Waals surface area contributed by atoms with Crippen LogP contribution in [-0.4, -0.2) is 45.2 Å². The highest BCUT2D eigenvalue weighted by molar-refractivity contribution is 5.96. The van der Waals surface area contributed by atoms with Gasteiger partial charge in [0.2, 0.25) is 0 Å². The number of carbonyl (C=O) groups is 2. The zero-order valence-corrected chi connectivity index (χ0v) is 14.1. The molecule has 6 nitrogen and oxygen atoms in total. The van der Waals surface area contributed by atoms with Crippen LogP contribution in [0.5, 0.6) is 5.75 Å². The maximum atomic E-state index is 11.7. The molecule has 0 aromatic heterocycles. The third-order valence-corrected chi connectivity index (χ3v) is 3.13. The predicted molar refractivity (Wildman–Crippen MR) is 88.6 cm³/mol. The Balaban J connectivity index is 2.27. The molecule has 2 amide bonds. The topological polar surface area (TPSA) is 76.7 Å². The Bertz CT molecular complexity index is 503. The largest absolute Gasteiger partial charge is 0.483 e. The lowest BCUT2D eigenvalue weighted by molar-refractivity contribution is -0.123. The molecule has 0 aliphatic heterocycles. The molecule has 0 atom stereocenters. The number of hydrogen-bond donors (Lipinski definition) is 2. The molecule has 23 heavy (non-hydrogen) atoms. The van der Waals surface area contributed by atoms with E-state index in [2.05, 4.69) is 24.5 Å².